The van der Waals surface area contributed by atoms with Gasteiger partial charge in [0, 0.05) is 18.4 Å². The van der Waals surface area contributed by atoms with Crippen LogP contribution in [0.25, 0.3) is 11.0 Å². The van der Waals surface area contributed by atoms with Gasteiger partial charge in [-0.2, -0.15) is 0 Å². The van der Waals surface area contributed by atoms with Gasteiger partial charge < -0.3 is 9.32 Å². The fourth-order valence-corrected chi connectivity index (χ4v) is 2.16. The molecule has 2 nitrogen and oxygen atoms in total. The minimum Gasteiger partial charge on any atom is -0.460 e. The molecule has 2 rings (SSSR count). The lowest BCUT2D eigenvalue weighted by Gasteiger charge is -2.07. The Balaban J connectivity index is 2.32. The van der Waals surface area contributed by atoms with E-state index in [0.717, 1.165) is 34.2 Å². The zero-order chi connectivity index (χ0) is 10.8. The monoisotopic (exact) mass is 267 g/mol. The van der Waals surface area contributed by atoms with Crippen LogP contribution in [-0.4, -0.2) is 25.5 Å². The first-order chi connectivity index (χ1) is 7.18. The molecule has 0 saturated carbocycles. The Morgan fingerprint density at radius 2 is 2.00 bits per heavy atom. The Morgan fingerprint density at radius 1 is 1.27 bits per heavy atom. The molecule has 0 atom stereocenters. The van der Waals surface area contributed by atoms with Gasteiger partial charge >= 0.3 is 0 Å². The van der Waals surface area contributed by atoms with Crippen molar-refractivity contribution < 1.29 is 4.42 Å². The number of para-hydroxylation sites is 1. The number of likely N-dealkylation sites (N-methyl/N-ethyl adjacent to an activating group) is 1. The number of furan rings is 1. The maximum absolute atomic E-state index is 5.78. The molecule has 0 unspecified atom stereocenters. The number of hydrogen-bond acceptors (Lipinski definition) is 2. The van der Waals surface area contributed by atoms with Gasteiger partial charge in [0.2, 0.25) is 0 Å². The van der Waals surface area contributed by atoms with E-state index in [4.69, 9.17) is 4.42 Å². The molecule has 2 aromatic rings. The van der Waals surface area contributed by atoms with Crippen molar-refractivity contribution in [1.82, 2.24) is 4.90 Å². The van der Waals surface area contributed by atoms with Crippen molar-refractivity contribution >= 4 is 26.9 Å². The van der Waals surface area contributed by atoms with Gasteiger partial charge in [-0.1, -0.05) is 12.1 Å². The van der Waals surface area contributed by atoms with Crippen molar-refractivity contribution in [2.75, 3.05) is 20.6 Å². The van der Waals surface area contributed by atoms with E-state index in [1.54, 1.807) is 0 Å². The molecule has 0 aliphatic rings. The number of rotatable bonds is 3. The van der Waals surface area contributed by atoms with Crippen LogP contribution in [0.15, 0.2) is 33.2 Å². The molecule has 15 heavy (non-hydrogen) atoms. The summed E-state index contributed by atoms with van der Waals surface area (Å²) in [5.41, 5.74) is 0.957. The standard InChI is InChI=1S/C12H14BrNO/c1-14(2)8-7-11-12(13)9-5-3-4-6-10(9)15-11/h3-6H,7-8H2,1-2H3. The first-order valence-electron chi connectivity index (χ1n) is 4.99. The molecule has 0 amide bonds. The Kier molecular flexibility index (Phi) is 3.12. The van der Waals surface area contributed by atoms with Crippen molar-refractivity contribution in [3.63, 3.8) is 0 Å². The third-order valence-electron chi connectivity index (χ3n) is 2.39. The Hall–Kier alpha value is -0.800. The largest absolute Gasteiger partial charge is 0.460 e. The molecule has 0 N–H and O–H groups in total. The predicted molar refractivity (Wildman–Crippen MR) is 66.2 cm³/mol. The van der Waals surface area contributed by atoms with Crippen LogP contribution in [0.3, 0.4) is 0 Å². The van der Waals surface area contributed by atoms with Gasteiger partial charge in [-0.25, -0.2) is 0 Å². The van der Waals surface area contributed by atoms with Crippen LogP contribution in [0.5, 0.6) is 0 Å². The smallest absolute Gasteiger partial charge is 0.135 e. The molecule has 0 fully saturated rings. The van der Waals surface area contributed by atoms with Gasteiger partial charge in [-0.3, -0.25) is 0 Å². The summed E-state index contributed by atoms with van der Waals surface area (Å²) in [6.45, 7) is 0.998. The Bertz CT molecular complexity index is 462. The molecular formula is C12H14BrNO. The zero-order valence-electron chi connectivity index (χ0n) is 8.96. The summed E-state index contributed by atoms with van der Waals surface area (Å²) in [6.07, 6.45) is 0.933. The Labute approximate surface area is 98.0 Å². The van der Waals surface area contributed by atoms with Crippen LogP contribution < -0.4 is 0 Å². The highest BCUT2D eigenvalue weighted by molar-refractivity contribution is 9.10. The van der Waals surface area contributed by atoms with Crippen LogP contribution in [-0.2, 0) is 6.42 Å². The van der Waals surface area contributed by atoms with Gasteiger partial charge in [-0.05, 0) is 42.2 Å². The molecule has 0 bridgehead atoms. The minimum absolute atomic E-state index is 0.933. The van der Waals surface area contributed by atoms with Crippen molar-refractivity contribution in [3.05, 3.63) is 34.5 Å². The van der Waals surface area contributed by atoms with Crippen LogP contribution in [0.1, 0.15) is 5.76 Å². The average molecular weight is 268 g/mol. The van der Waals surface area contributed by atoms with E-state index in [2.05, 4.69) is 41.0 Å². The molecule has 0 aliphatic heterocycles. The molecule has 80 valence electrons. The first-order valence-corrected chi connectivity index (χ1v) is 5.78. The summed E-state index contributed by atoms with van der Waals surface area (Å²) < 4.78 is 6.87. The zero-order valence-corrected chi connectivity index (χ0v) is 10.5. The highest BCUT2D eigenvalue weighted by Gasteiger charge is 2.10. The van der Waals surface area contributed by atoms with E-state index < -0.39 is 0 Å². The lowest BCUT2D eigenvalue weighted by molar-refractivity contribution is 0.394. The molecule has 1 heterocycles. The first kappa shape index (κ1) is 10.7. The number of benzene rings is 1. The highest BCUT2D eigenvalue weighted by atomic mass is 79.9. The predicted octanol–water partition coefficient (Wildman–Crippen LogP) is 3.30. The lowest BCUT2D eigenvalue weighted by atomic mass is 10.2. The van der Waals surface area contributed by atoms with E-state index in [-0.39, 0.29) is 0 Å². The fraction of sp³-hybridized carbons (Fsp3) is 0.333. The summed E-state index contributed by atoms with van der Waals surface area (Å²) >= 11 is 3.59. The van der Waals surface area contributed by atoms with Gasteiger partial charge in [0.05, 0.1) is 4.47 Å². The maximum atomic E-state index is 5.78. The number of fused-ring (bicyclic) bond motifs is 1. The van der Waals surface area contributed by atoms with Crippen molar-refractivity contribution in [3.8, 4) is 0 Å². The van der Waals surface area contributed by atoms with Gasteiger partial charge in [0.1, 0.15) is 11.3 Å². The topological polar surface area (TPSA) is 16.4 Å². The SMILES string of the molecule is CN(C)CCc1oc2ccccc2c1Br. The molecule has 1 aromatic carbocycles. The van der Waals surface area contributed by atoms with Crippen molar-refractivity contribution in [2.45, 2.75) is 6.42 Å². The summed E-state index contributed by atoms with van der Waals surface area (Å²) in [5.74, 6) is 1.03. The van der Waals surface area contributed by atoms with Gasteiger partial charge in [-0.15, -0.1) is 0 Å². The van der Waals surface area contributed by atoms with E-state index >= 15 is 0 Å². The molecule has 3 heteroatoms. The molecule has 0 radical (unpaired) electrons. The fourth-order valence-electron chi connectivity index (χ4n) is 1.55. The van der Waals surface area contributed by atoms with Crippen LogP contribution in [0.2, 0.25) is 0 Å². The second-order valence-electron chi connectivity index (χ2n) is 3.89. The molecule has 0 spiro atoms. The third-order valence-corrected chi connectivity index (χ3v) is 3.26. The third kappa shape index (κ3) is 2.24. The Morgan fingerprint density at radius 3 is 2.67 bits per heavy atom. The normalized spacial score (nSPS) is 11.5. The van der Waals surface area contributed by atoms with Crippen molar-refractivity contribution in [2.24, 2.45) is 0 Å². The second kappa shape index (κ2) is 4.37. The van der Waals surface area contributed by atoms with E-state index in [1.165, 1.54) is 0 Å². The number of halogens is 1. The molecule has 0 saturated heterocycles. The van der Waals surface area contributed by atoms with Gasteiger partial charge in [0.15, 0.2) is 0 Å². The molecular weight excluding hydrogens is 254 g/mol. The van der Waals surface area contributed by atoms with Crippen molar-refractivity contribution in [1.29, 1.82) is 0 Å². The molecule has 0 aliphatic carbocycles. The average Bonchev–Trinajstić information content (AvgIpc) is 2.54. The minimum atomic E-state index is 0.933. The van der Waals surface area contributed by atoms with Gasteiger partial charge in [0.25, 0.3) is 0 Å². The number of nitrogens with zero attached hydrogens (tertiary/aromatic N) is 1. The van der Waals surface area contributed by atoms with Crippen LogP contribution in [0, 0.1) is 0 Å². The molecule has 1 aromatic heterocycles. The van der Waals surface area contributed by atoms with E-state index in [1.807, 2.05) is 18.2 Å². The van der Waals surface area contributed by atoms with E-state index in [0.29, 0.717) is 0 Å². The second-order valence-corrected chi connectivity index (χ2v) is 4.68. The maximum Gasteiger partial charge on any atom is 0.135 e. The summed E-state index contributed by atoms with van der Waals surface area (Å²) in [6, 6.07) is 8.09. The van der Waals surface area contributed by atoms with E-state index in [9.17, 15) is 0 Å². The quantitative estimate of drug-likeness (QED) is 0.849. The summed E-state index contributed by atoms with van der Waals surface area (Å²) in [4.78, 5) is 2.15. The lowest BCUT2D eigenvalue weighted by Crippen LogP contribution is -2.14. The van der Waals surface area contributed by atoms with Crippen LogP contribution in [0.4, 0.5) is 0 Å². The van der Waals surface area contributed by atoms with Crippen LogP contribution >= 0.6 is 15.9 Å². The number of hydrogen-bond donors (Lipinski definition) is 0. The summed E-state index contributed by atoms with van der Waals surface area (Å²) in [5, 5.41) is 1.16. The summed E-state index contributed by atoms with van der Waals surface area (Å²) in [7, 11) is 4.13. The highest BCUT2D eigenvalue weighted by Crippen LogP contribution is 2.30.